The Morgan fingerprint density at radius 2 is 1.76 bits per heavy atom. The second-order valence-electron chi connectivity index (χ2n) is 7.88. The van der Waals surface area contributed by atoms with Crippen LogP contribution in [0, 0.1) is 0 Å². The lowest BCUT2D eigenvalue weighted by Crippen LogP contribution is -2.33. The molecule has 0 aliphatic carbocycles. The molecule has 8 heteroatoms. The van der Waals surface area contributed by atoms with Crippen molar-refractivity contribution in [2.75, 3.05) is 10.6 Å². The highest BCUT2D eigenvalue weighted by molar-refractivity contribution is 6.06. The predicted octanol–water partition coefficient (Wildman–Crippen LogP) is 3.64. The number of nitrogens with one attached hydrogen (secondary N) is 2. The van der Waals surface area contributed by atoms with Crippen LogP contribution in [0.15, 0.2) is 65.5 Å². The SMILES string of the molecule is NCc1cccc(NC(=O)c2cc(NC(=O)OCc3ccccc3)c(=O)n3c2CCCC3)c1. The quantitative estimate of drug-likeness (QED) is 0.535. The monoisotopic (exact) mass is 446 g/mol. The summed E-state index contributed by atoms with van der Waals surface area (Å²) in [5.41, 5.74) is 8.71. The number of anilines is 2. The van der Waals surface area contributed by atoms with E-state index in [2.05, 4.69) is 10.6 Å². The predicted molar refractivity (Wildman–Crippen MR) is 126 cm³/mol. The van der Waals surface area contributed by atoms with Gasteiger partial charge in [0, 0.05) is 24.5 Å². The van der Waals surface area contributed by atoms with Gasteiger partial charge in [-0.1, -0.05) is 42.5 Å². The molecule has 1 aliphatic rings. The number of rotatable bonds is 6. The summed E-state index contributed by atoms with van der Waals surface area (Å²) < 4.78 is 6.81. The molecular formula is C25H26N4O4. The molecule has 0 radical (unpaired) electrons. The number of hydrogen-bond acceptors (Lipinski definition) is 5. The molecule has 1 aliphatic heterocycles. The number of ether oxygens (including phenoxy) is 1. The van der Waals surface area contributed by atoms with Gasteiger partial charge in [0.05, 0.1) is 5.56 Å². The minimum Gasteiger partial charge on any atom is -0.444 e. The summed E-state index contributed by atoms with van der Waals surface area (Å²) in [6, 6.07) is 18.0. The van der Waals surface area contributed by atoms with Crippen LogP contribution in [0.5, 0.6) is 0 Å². The Labute approximate surface area is 191 Å². The molecular weight excluding hydrogens is 420 g/mol. The Bertz CT molecular complexity index is 1220. The highest BCUT2D eigenvalue weighted by atomic mass is 16.5. The van der Waals surface area contributed by atoms with Crippen LogP contribution in [0.2, 0.25) is 0 Å². The Kier molecular flexibility index (Phi) is 6.85. The molecule has 3 aromatic rings. The number of carbonyl (C=O) groups excluding carboxylic acids is 2. The normalized spacial score (nSPS) is 12.5. The van der Waals surface area contributed by atoms with E-state index in [1.807, 2.05) is 42.5 Å². The first kappa shape index (κ1) is 22.3. The van der Waals surface area contributed by atoms with E-state index in [9.17, 15) is 14.4 Å². The van der Waals surface area contributed by atoms with E-state index in [1.165, 1.54) is 6.07 Å². The average molecular weight is 447 g/mol. The first-order chi connectivity index (χ1) is 16.0. The molecule has 0 bridgehead atoms. The van der Waals surface area contributed by atoms with Crippen LogP contribution >= 0.6 is 0 Å². The zero-order valence-electron chi connectivity index (χ0n) is 18.2. The fraction of sp³-hybridized carbons (Fsp3) is 0.240. The minimum atomic E-state index is -0.755. The van der Waals surface area contributed by atoms with Gasteiger partial charge in [0.25, 0.3) is 11.5 Å². The molecule has 0 unspecified atom stereocenters. The van der Waals surface area contributed by atoms with Crippen molar-refractivity contribution in [3.8, 4) is 0 Å². The van der Waals surface area contributed by atoms with Gasteiger partial charge in [0.1, 0.15) is 12.3 Å². The number of carbonyl (C=O) groups is 2. The van der Waals surface area contributed by atoms with Crippen molar-refractivity contribution in [3.63, 3.8) is 0 Å². The van der Waals surface area contributed by atoms with Crippen LogP contribution in [0.1, 0.15) is 40.0 Å². The van der Waals surface area contributed by atoms with Crippen molar-refractivity contribution in [2.45, 2.75) is 39.0 Å². The summed E-state index contributed by atoms with van der Waals surface area (Å²) >= 11 is 0. The van der Waals surface area contributed by atoms with E-state index in [-0.39, 0.29) is 23.8 Å². The summed E-state index contributed by atoms with van der Waals surface area (Å²) in [7, 11) is 0. The molecule has 4 rings (SSSR count). The molecule has 0 saturated heterocycles. The Balaban J connectivity index is 1.57. The van der Waals surface area contributed by atoms with Gasteiger partial charge in [-0.2, -0.15) is 0 Å². The number of hydrogen-bond donors (Lipinski definition) is 3. The van der Waals surface area contributed by atoms with Crippen LogP contribution in [-0.4, -0.2) is 16.6 Å². The first-order valence-electron chi connectivity index (χ1n) is 10.9. The number of nitrogens with zero attached hydrogens (tertiary/aromatic N) is 1. The number of benzene rings is 2. The van der Waals surface area contributed by atoms with Gasteiger partial charge in [-0.15, -0.1) is 0 Å². The van der Waals surface area contributed by atoms with E-state index < -0.39 is 6.09 Å². The van der Waals surface area contributed by atoms with Crippen molar-refractivity contribution in [1.82, 2.24) is 4.57 Å². The standard InChI is InChI=1S/C25H26N4O4/c26-15-18-9-6-10-19(13-18)27-23(30)20-14-21(24(31)29-12-5-4-11-22(20)29)28-25(32)33-16-17-7-2-1-3-8-17/h1-3,6-10,13-14H,4-5,11-12,15-16,26H2,(H,27,30)(H,28,32). The lowest BCUT2D eigenvalue weighted by Gasteiger charge is -2.22. The van der Waals surface area contributed by atoms with Gasteiger partial charge in [-0.3, -0.25) is 14.9 Å². The zero-order chi connectivity index (χ0) is 23.2. The van der Waals surface area contributed by atoms with Crippen LogP contribution in [-0.2, 0) is 30.9 Å². The fourth-order valence-electron chi connectivity index (χ4n) is 3.90. The second-order valence-corrected chi connectivity index (χ2v) is 7.88. The van der Waals surface area contributed by atoms with Gasteiger partial charge in [-0.05, 0) is 48.6 Å². The summed E-state index contributed by atoms with van der Waals surface area (Å²) in [5, 5.41) is 5.39. The van der Waals surface area contributed by atoms with E-state index in [0.717, 1.165) is 24.0 Å². The number of nitrogens with two attached hydrogens (primary N) is 1. The zero-order valence-corrected chi connectivity index (χ0v) is 18.2. The molecule has 2 amide bonds. The Hall–Kier alpha value is -3.91. The Morgan fingerprint density at radius 3 is 2.55 bits per heavy atom. The van der Waals surface area contributed by atoms with E-state index in [1.54, 1.807) is 16.7 Å². The molecule has 4 N–H and O–H groups in total. The Morgan fingerprint density at radius 1 is 0.970 bits per heavy atom. The second kappa shape index (κ2) is 10.1. The van der Waals surface area contributed by atoms with Gasteiger partial charge in [-0.25, -0.2) is 4.79 Å². The van der Waals surface area contributed by atoms with E-state index >= 15 is 0 Å². The maximum Gasteiger partial charge on any atom is 0.412 e. The van der Waals surface area contributed by atoms with Gasteiger partial charge >= 0.3 is 6.09 Å². The summed E-state index contributed by atoms with van der Waals surface area (Å²) in [6.45, 7) is 0.925. The summed E-state index contributed by atoms with van der Waals surface area (Å²) in [6.07, 6.45) is 1.57. The molecule has 0 spiro atoms. The first-order valence-corrected chi connectivity index (χ1v) is 10.9. The lowest BCUT2D eigenvalue weighted by molar-refractivity contribution is 0.102. The lowest BCUT2D eigenvalue weighted by atomic mass is 10.0. The molecule has 2 heterocycles. The molecule has 2 aromatic carbocycles. The van der Waals surface area contributed by atoms with Crippen molar-refractivity contribution >= 4 is 23.4 Å². The van der Waals surface area contributed by atoms with Gasteiger partial charge in [0.15, 0.2) is 0 Å². The smallest absolute Gasteiger partial charge is 0.412 e. The summed E-state index contributed by atoms with van der Waals surface area (Å²) in [4.78, 5) is 38.5. The largest absolute Gasteiger partial charge is 0.444 e. The van der Waals surface area contributed by atoms with Crippen molar-refractivity contribution < 1.29 is 14.3 Å². The molecule has 1 aromatic heterocycles. The van der Waals surface area contributed by atoms with Crippen LogP contribution < -0.4 is 21.9 Å². The molecule has 0 saturated carbocycles. The third-order valence-electron chi connectivity index (χ3n) is 5.56. The molecule has 0 atom stereocenters. The van der Waals surface area contributed by atoms with E-state index in [0.29, 0.717) is 36.5 Å². The average Bonchev–Trinajstić information content (AvgIpc) is 2.85. The van der Waals surface area contributed by atoms with Crippen molar-refractivity contribution in [2.24, 2.45) is 5.73 Å². The number of amides is 2. The molecule has 33 heavy (non-hydrogen) atoms. The van der Waals surface area contributed by atoms with Crippen molar-refractivity contribution in [3.05, 3.63) is 93.4 Å². The highest BCUT2D eigenvalue weighted by Crippen LogP contribution is 2.21. The highest BCUT2D eigenvalue weighted by Gasteiger charge is 2.23. The molecule has 0 fully saturated rings. The minimum absolute atomic E-state index is 0.0135. The topological polar surface area (TPSA) is 115 Å². The van der Waals surface area contributed by atoms with Gasteiger partial charge in [0.2, 0.25) is 0 Å². The van der Waals surface area contributed by atoms with E-state index in [4.69, 9.17) is 10.5 Å². The van der Waals surface area contributed by atoms with Crippen LogP contribution in [0.3, 0.4) is 0 Å². The molecule has 8 nitrogen and oxygen atoms in total. The summed E-state index contributed by atoms with van der Waals surface area (Å²) in [5.74, 6) is -0.351. The third-order valence-corrected chi connectivity index (χ3v) is 5.56. The number of pyridine rings is 1. The van der Waals surface area contributed by atoms with Gasteiger partial charge < -0.3 is 20.4 Å². The fourth-order valence-corrected chi connectivity index (χ4v) is 3.90. The third kappa shape index (κ3) is 5.30. The number of fused-ring (bicyclic) bond motifs is 1. The maximum atomic E-state index is 13.1. The van der Waals surface area contributed by atoms with Crippen molar-refractivity contribution in [1.29, 1.82) is 0 Å². The molecule has 170 valence electrons. The van der Waals surface area contributed by atoms with Crippen LogP contribution in [0.4, 0.5) is 16.2 Å². The van der Waals surface area contributed by atoms with Crippen LogP contribution in [0.25, 0.3) is 0 Å². The number of aromatic nitrogens is 1. The maximum absolute atomic E-state index is 13.1.